The lowest BCUT2D eigenvalue weighted by atomic mass is 9.91. The molecular weight excluding hydrogens is 572 g/mol. The molecule has 1 unspecified atom stereocenters. The first-order chi connectivity index (χ1) is 21.4. The van der Waals surface area contributed by atoms with Crippen LogP contribution < -0.4 is 4.74 Å². The number of piperidine rings is 1. The van der Waals surface area contributed by atoms with Crippen molar-refractivity contribution in [1.29, 1.82) is 0 Å². The first-order valence-electron chi connectivity index (χ1n) is 16.2. The van der Waals surface area contributed by atoms with Gasteiger partial charge in [0.15, 0.2) is 0 Å². The Morgan fingerprint density at radius 1 is 0.978 bits per heavy atom. The number of ether oxygens (including phenoxy) is 3. The van der Waals surface area contributed by atoms with Gasteiger partial charge in [-0.15, -0.1) is 0 Å². The monoisotopic (exact) mass is 622 g/mol. The number of likely N-dealkylation sites (tertiary alicyclic amines) is 2. The molecule has 246 valence electrons. The molecule has 45 heavy (non-hydrogen) atoms. The Labute approximate surface area is 268 Å². The van der Waals surface area contributed by atoms with E-state index < -0.39 is 0 Å². The summed E-state index contributed by atoms with van der Waals surface area (Å²) in [5.41, 5.74) is 4.40. The van der Waals surface area contributed by atoms with Crippen molar-refractivity contribution >= 4 is 18.5 Å². The Morgan fingerprint density at radius 3 is 2.24 bits per heavy atom. The highest BCUT2D eigenvalue weighted by molar-refractivity contribution is 5.83. The topological polar surface area (TPSA) is 102 Å². The van der Waals surface area contributed by atoms with Crippen LogP contribution in [0.4, 0.5) is 4.79 Å². The molecule has 4 heterocycles. The van der Waals surface area contributed by atoms with E-state index in [1.807, 2.05) is 51.8 Å². The van der Waals surface area contributed by atoms with Crippen molar-refractivity contribution in [2.24, 2.45) is 5.92 Å². The van der Waals surface area contributed by atoms with Gasteiger partial charge in [-0.2, -0.15) is 0 Å². The fourth-order valence-electron chi connectivity index (χ4n) is 5.86. The van der Waals surface area contributed by atoms with Crippen LogP contribution in [0.3, 0.4) is 0 Å². The normalized spacial score (nSPS) is 19.0. The minimum absolute atomic E-state index is 0.0642. The van der Waals surface area contributed by atoms with E-state index in [1.165, 1.54) is 11.1 Å². The molecule has 1 atom stereocenters. The second-order valence-corrected chi connectivity index (χ2v) is 13.5. The fraction of sp³-hybridized carbons (Fsp3) is 0.600. The molecule has 1 aromatic heterocycles. The van der Waals surface area contributed by atoms with Gasteiger partial charge in [0.2, 0.25) is 11.8 Å². The zero-order chi connectivity index (χ0) is 32.6. The maximum Gasteiger partial charge on any atom is 0.410 e. The zero-order valence-electron chi connectivity index (χ0n) is 27.8. The lowest BCUT2D eigenvalue weighted by Crippen LogP contribution is -2.49. The summed E-state index contributed by atoms with van der Waals surface area (Å²) >= 11 is 0. The van der Waals surface area contributed by atoms with Gasteiger partial charge in [-0.3, -0.25) is 14.5 Å². The molecular formula is C35H50N4O6. The summed E-state index contributed by atoms with van der Waals surface area (Å²) in [5.74, 6) is 1.30. The fourth-order valence-corrected chi connectivity index (χ4v) is 5.86. The van der Waals surface area contributed by atoms with Gasteiger partial charge in [0, 0.05) is 50.6 Å². The van der Waals surface area contributed by atoms with Crippen LogP contribution in [0, 0.1) is 5.92 Å². The Kier molecular flexibility index (Phi) is 11.8. The van der Waals surface area contributed by atoms with Crippen LogP contribution in [-0.4, -0.2) is 95.7 Å². The molecule has 0 bridgehead atoms. The first kappa shape index (κ1) is 34.2. The van der Waals surface area contributed by atoms with E-state index in [4.69, 9.17) is 9.47 Å². The van der Waals surface area contributed by atoms with Gasteiger partial charge in [0.05, 0.1) is 18.8 Å². The number of benzene rings is 1. The molecule has 2 saturated heterocycles. The van der Waals surface area contributed by atoms with Crippen molar-refractivity contribution in [3.63, 3.8) is 0 Å². The minimum atomic E-state index is -0.318. The molecule has 5 rings (SSSR count). The van der Waals surface area contributed by atoms with E-state index in [-0.39, 0.29) is 29.7 Å². The number of hydrogen-bond donors (Lipinski definition) is 0. The van der Waals surface area contributed by atoms with Crippen LogP contribution in [0.1, 0.15) is 71.4 Å². The quantitative estimate of drug-likeness (QED) is 0.383. The van der Waals surface area contributed by atoms with Crippen LogP contribution in [0.25, 0.3) is 11.1 Å². The Bertz CT molecular complexity index is 1280. The lowest BCUT2D eigenvalue weighted by Gasteiger charge is -2.35. The van der Waals surface area contributed by atoms with Gasteiger partial charge >= 0.3 is 6.09 Å². The van der Waals surface area contributed by atoms with Gasteiger partial charge in [-0.05, 0) is 109 Å². The van der Waals surface area contributed by atoms with Crippen molar-refractivity contribution in [1.82, 2.24) is 19.7 Å². The number of amides is 2. The third-order valence-corrected chi connectivity index (χ3v) is 8.42. The number of fused-ring (bicyclic) bond motifs is 1. The van der Waals surface area contributed by atoms with Crippen LogP contribution in [0.5, 0.6) is 5.88 Å². The molecule has 3 aliphatic heterocycles. The van der Waals surface area contributed by atoms with E-state index >= 15 is 0 Å². The standard InChI is InChI=1S/C30H40N4O4.C5H10O2/c1-21(2)38-30(36)34-14-10-22(11-15-34)20-37-28-9-8-25(18-31-28)23-6-7-24-17-27(32(3)19-26(24)16-23)29(35)33-12-4-5-13-33;1-5(2,3)7-4-6/h6-9,16,18,21-22,27H,4-5,10-15,17,19-20H2,1-3H3;4H,1-3H3. The van der Waals surface area contributed by atoms with E-state index in [0.29, 0.717) is 38.0 Å². The van der Waals surface area contributed by atoms with Crippen LogP contribution in [0.15, 0.2) is 36.5 Å². The average Bonchev–Trinajstić information content (AvgIpc) is 3.54. The average molecular weight is 623 g/mol. The third-order valence-electron chi connectivity index (χ3n) is 8.42. The molecule has 10 nitrogen and oxygen atoms in total. The summed E-state index contributed by atoms with van der Waals surface area (Å²) in [5, 5.41) is 0. The van der Waals surface area contributed by atoms with Crippen LogP contribution in [-0.2, 0) is 32.0 Å². The van der Waals surface area contributed by atoms with Gasteiger partial charge < -0.3 is 24.0 Å². The summed E-state index contributed by atoms with van der Waals surface area (Å²) < 4.78 is 15.8. The van der Waals surface area contributed by atoms with Gasteiger partial charge in [-0.1, -0.05) is 12.1 Å². The number of rotatable bonds is 7. The highest BCUT2D eigenvalue weighted by Gasteiger charge is 2.33. The lowest BCUT2D eigenvalue weighted by molar-refractivity contribution is -0.138. The highest BCUT2D eigenvalue weighted by Crippen LogP contribution is 2.30. The van der Waals surface area contributed by atoms with Crippen LogP contribution in [0.2, 0.25) is 0 Å². The summed E-state index contributed by atoms with van der Waals surface area (Å²) in [7, 11) is 2.06. The van der Waals surface area contributed by atoms with Crippen molar-refractivity contribution in [2.45, 2.75) is 91.0 Å². The zero-order valence-corrected chi connectivity index (χ0v) is 27.8. The summed E-state index contributed by atoms with van der Waals surface area (Å²) in [4.78, 5) is 45.2. The smallest absolute Gasteiger partial charge is 0.410 e. The predicted octanol–water partition coefficient (Wildman–Crippen LogP) is 5.32. The minimum Gasteiger partial charge on any atom is -0.477 e. The summed E-state index contributed by atoms with van der Waals surface area (Å²) in [6.07, 6.45) is 6.37. The number of carbonyl (C=O) groups excluding carboxylic acids is 3. The summed E-state index contributed by atoms with van der Waals surface area (Å²) in [6.45, 7) is 14.2. The largest absolute Gasteiger partial charge is 0.477 e. The molecule has 1 aromatic carbocycles. The van der Waals surface area contributed by atoms with Crippen molar-refractivity contribution in [3.05, 3.63) is 47.7 Å². The van der Waals surface area contributed by atoms with Gasteiger partial charge in [0.25, 0.3) is 6.47 Å². The molecule has 0 N–H and O–H groups in total. The van der Waals surface area contributed by atoms with E-state index in [1.54, 1.807) is 4.90 Å². The number of hydrogen-bond acceptors (Lipinski definition) is 8. The second kappa shape index (κ2) is 15.6. The molecule has 0 spiro atoms. The van der Waals surface area contributed by atoms with Crippen molar-refractivity contribution in [3.8, 4) is 17.0 Å². The Balaban J connectivity index is 0.000000591. The highest BCUT2D eigenvalue weighted by atomic mass is 16.6. The maximum absolute atomic E-state index is 13.0. The number of pyridine rings is 1. The van der Waals surface area contributed by atoms with Crippen molar-refractivity contribution in [2.75, 3.05) is 39.8 Å². The third kappa shape index (κ3) is 9.91. The van der Waals surface area contributed by atoms with Crippen LogP contribution >= 0.6 is 0 Å². The van der Waals surface area contributed by atoms with Gasteiger partial charge in [-0.25, -0.2) is 9.78 Å². The molecule has 0 radical (unpaired) electrons. The molecule has 2 amide bonds. The van der Waals surface area contributed by atoms with E-state index in [9.17, 15) is 14.4 Å². The molecule has 0 aliphatic carbocycles. The second-order valence-electron chi connectivity index (χ2n) is 13.5. The Morgan fingerprint density at radius 2 is 1.67 bits per heavy atom. The van der Waals surface area contributed by atoms with E-state index in [2.05, 4.69) is 45.9 Å². The van der Waals surface area contributed by atoms with E-state index in [0.717, 1.165) is 62.9 Å². The number of likely N-dealkylation sites (N-methyl/N-ethyl adjacent to an activating group) is 1. The molecule has 10 heteroatoms. The maximum atomic E-state index is 13.0. The number of nitrogens with zero attached hydrogens (tertiary/aromatic N) is 4. The molecule has 2 aromatic rings. The first-order valence-corrected chi connectivity index (χ1v) is 16.2. The predicted molar refractivity (Wildman–Crippen MR) is 173 cm³/mol. The number of carbonyl (C=O) groups is 3. The molecule has 2 fully saturated rings. The van der Waals surface area contributed by atoms with Crippen molar-refractivity contribution < 1.29 is 28.6 Å². The number of aromatic nitrogens is 1. The van der Waals surface area contributed by atoms with Gasteiger partial charge in [0.1, 0.15) is 5.60 Å². The molecule has 3 aliphatic rings. The Hall–Kier alpha value is -3.66. The molecule has 0 saturated carbocycles. The SMILES string of the molecule is CC(C)(C)OC=O.CC(C)OC(=O)N1CCC(COc2ccc(-c3ccc4c(c3)CN(C)C(C(=O)N3CCCC3)C4)cn2)CC1. The summed E-state index contributed by atoms with van der Waals surface area (Å²) in [6, 6.07) is 10.5.